The predicted molar refractivity (Wildman–Crippen MR) is 116 cm³/mol. The van der Waals surface area contributed by atoms with Crippen LogP contribution in [0.2, 0.25) is 0 Å². The molecule has 0 saturated carbocycles. The Kier molecular flexibility index (Phi) is 7.04. The summed E-state index contributed by atoms with van der Waals surface area (Å²) in [5.41, 5.74) is 4.34. The van der Waals surface area contributed by atoms with Crippen molar-refractivity contribution >= 4 is 29.2 Å². The number of ether oxygens (including phenoxy) is 1. The van der Waals surface area contributed by atoms with Gasteiger partial charge in [-0.2, -0.15) is 0 Å². The molecule has 0 saturated heterocycles. The molecule has 0 aliphatic rings. The van der Waals surface area contributed by atoms with Gasteiger partial charge in [0.2, 0.25) is 5.91 Å². The van der Waals surface area contributed by atoms with Gasteiger partial charge in [-0.25, -0.2) is 0 Å². The maximum absolute atomic E-state index is 12.1. The predicted octanol–water partition coefficient (Wildman–Crippen LogP) is 5.21. The SMILES string of the molecule is CC(Cl)C(=O)Nc1ccccc1-c1ccc(CC(=O)OCc2ccccc2)cc1. The highest BCUT2D eigenvalue weighted by atomic mass is 35.5. The number of benzene rings is 3. The minimum absolute atomic E-state index is 0.204. The van der Waals surface area contributed by atoms with E-state index in [1.54, 1.807) is 6.92 Å². The number of esters is 1. The maximum atomic E-state index is 12.1. The van der Waals surface area contributed by atoms with Crippen molar-refractivity contribution < 1.29 is 14.3 Å². The molecule has 0 bridgehead atoms. The van der Waals surface area contributed by atoms with E-state index in [1.807, 2.05) is 78.9 Å². The molecule has 1 unspecified atom stereocenters. The second kappa shape index (κ2) is 9.89. The lowest BCUT2D eigenvalue weighted by Gasteiger charge is -2.12. The Balaban J connectivity index is 1.64. The van der Waals surface area contributed by atoms with E-state index < -0.39 is 5.38 Å². The van der Waals surface area contributed by atoms with Crippen molar-refractivity contribution in [3.8, 4) is 11.1 Å². The third-order valence-electron chi connectivity index (χ3n) is 4.40. The third kappa shape index (κ3) is 5.93. The Morgan fingerprint density at radius 3 is 2.24 bits per heavy atom. The van der Waals surface area contributed by atoms with Crippen LogP contribution in [-0.4, -0.2) is 17.3 Å². The molecule has 148 valence electrons. The Morgan fingerprint density at radius 2 is 1.55 bits per heavy atom. The third-order valence-corrected chi connectivity index (χ3v) is 4.60. The van der Waals surface area contributed by atoms with Crippen LogP contribution in [0.1, 0.15) is 18.1 Å². The lowest BCUT2D eigenvalue weighted by Crippen LogP contribution is -2.20. The number of amides is 1. The van der Waals surface area contributed by atoms with Crippen LogP contribution in [0, 0.1) is 0 Å². The number of alkyl halides is 1. The van der Waals surface area contributed by atoms with E-state index in [4.69, 9.17) is 16.3 Å². The molecule has 1 atom stereocenters. The van der Waals surface area contributed by atoms with Crippen LogP contribution in [0.5, 0.6) is 0 Å². The van der Waals surface area contributed by atoms with Gasteiger partial charge in [-0.3, -0.25) is 9.59 Å². The van der Waals surface area contributed by atoms with Crippen LogP contribution in [0.25, 0.3) is 11.1 Å². The fraction of sp³-hybridized carbons (Fsp3) is 0.167. The molecule has 0 heterocycles. The smallest absolute Gasteiger partial charge is 0.310 e. The highest BCUT2D eigenvalue weighted by Gasteiger charge is 2.13. The van der Waals surface area contributed by atoms with Gasteiger partial charge in [-0.15, -0.1) is 11.6 Å². The van der Waals surface area contributed by atoms with Crippen LogP contribution in [0.4, 0.5) is 5.69 Å². The Labute approximate surface area is 175 Å². The van der Waals surface area contributed by atoms with Gasteiger partial charge < -0.3 is 10.1 Å². The highest BCUT2D eigenvalue weighted by molar-refractivity contribution is 6.32. The molecule has 4 nitrogen and oxygen atoms in total. The maximum Gasteiger partial charge on any atom is 0.310 e. The van der Waals surface area contributed by atoms with Crippen molar-refractivity contribution in [2.45, 2.75) is 25.3 Å². The molecule has 29 heavy (non-hydrogen) atoms. The lowest BCUT2D eigenvalue weighted by atomic mass is 10.0. The average Bonchev–Trinajstić information content (AvgIpc) is 2.74. The summed E-state index contributed by atoms with van der Waals surface area (Å²) in [6.45, 7) is 1.90. The first-order chi connectivity index (χ1) is 14.0. The van der Waals surface area contributed by atoms with Crippen molar-refractivity contribution in [1.29, 1.82) is 0 Å². The van der Waals surface area contributed by atoms with E-state index >= 15 is 0 Å². The fourth-order valence-electron chi connectivity index (χ4n) is 2.83. The van der Waals surface area contributed by atoms with Crippen LogP contribution in [-0.2, 0) is 27.4 Å². The molecular weight excluding hydrogens is 386 g/mol. The van der Waals surface area contributed by atoms with Gasteiger partial charge in [0.25, 0.3) is 0 Å². The normalized spacial score (nSPS) is 11.5. The van der Waals surface area contributed by atoms with E-state index in [1.165, 1.54) is 0 Å². The molecule has 0 fully saturated rings. The number of anilines is 1. The summed E-state index contributed by atoms with van der Waals surface area (Å²) in [5, 5.41) is 2.22. The minimum Gasteiger partial charge on any atom is -0.461 e. The van der Waals surface area contributed by atoms with Gasteiger partial charge in [0.1, 0.15) is 12.0 Å². The summed E-state index contributed by atoms with van der Waals surface area (Å²) in [4.78, 5) is 24.0. The van der Waals surface area contributed by atoms with E-state index in [9.17, 15) is 9.59 Å². The standard InChI is InChI=1S/C24H22ClNO3/c1-17(25)24(28)26-22-10-6-5-9-21(22)20-13-11-18(12-14-20)15-23(27)29-16-19-7-3-2-4-8-19/h2-14,17H,15-16H2,1H3,(H,26,28). The Hall–Kier alpha value is -3.11. The molecule has 3 aromatic rings. The number of para-hydroxylation sites is 1. The largest absolute Gasteiger partial charge is 0.461 e. The summed E-state index contributed by atoms with van der Waals surface area (Å²) in [6.07, 6.45) is 0.204. The van der Waals surface area contributed by atoms with Gasteiger partial charge in [0, 0.05) is 11.3 Å². The molecule has 0 aliphatic carbocycles. The van der Waals surface area contributed by atoms with Crippen molar-refractivity contribution in [3.05, 3.63) is 90.0 Å². The summed E-state index contributed by atoms with van der Waals surface area (Å²) in [7, 11) is 0. The molecule has 1 amide bonds. The molecule has 3 aromatic carbocycles. The van der Waals surface area contributed by atoms with Crippen molar-refractivity contribution in [2.75, 3.05) is 5.32 Å². The Morgan fingerprint density at radius 1 is 0.897 bits per heavy atom. The summed E-state index contributed by atoms with van der Waals surface area (Å²) in [5.74, 6) is -0.526. The number of carbonyl (C=O) groups is 2. The van der Waals surface area contributed by atoms with Crippen molar-refractivity contribution in [1.82, 2.24) is 0 Å². The topological polar surface area (TPSA) is 55.4 Å². The second-order valence-corrected chi connectivity index (χ2v) is 7.33. The number of hydrogen-bond acceptors (Lipinski definition) is 3. The van der Waals surface area contributed by atoms with E-state index in [-0.39, 0.29) is 24.9 Å². The summed E-state index contributed by atoms with van der Waals surface area (Å²) in [6, 6.07) is 24.7. The average molecular weight is 408 g/mol. The number of rotatable bonds is 7. The lowest BCUT2D eigenvalue weighted by molar-refractivity contribution is -0.144. The number of halogens is 1. The minimum atomic E-state index is -0.618. The van der Waals surface area contributed by atoms with Gasteiger partial charge >= 0.3 is 5.97 Å². The first-order valence-corrected chi connectivity index (χ1v) is 9.79. The first kappa shape index (κ1) is 20.6. The van der Waals surface area contributed by atoms with Crippen LogP contribution < -0.4 is 5.32 Å². The van der Waals surface area contributed by atoms with Gasteiger partial charge in [0.15, 0.2) is 0 Å². The van der Waals surface area contributed by atoms with Crippen molar-refractivity contribution in [2.24, 2.45) is 0 Å². The van der Waals surface area contributed by atoms with Gasteiger partial charge in [-0.05, 0) is 29.7 Å². The zero-order valence-corrected chi connectivity index (χ0v) is 16.9. The van der Waals surface area contributed by atoms with Crippen LogP contribution in [0.3, 0.4) is 0 Å². The molecule has 0 radical (unpaired) electrons. The second-order valence-electron chi connectivity index (χ2n) is 6.67. The van der Waals surface area contributed by atoms with Gasteiger partial charge in [0.05, 0.1) is 6.42 Å². The molecular formula is C24H22ClNO3. The van der Waals surface area contributed by atoms with Crippen LogP contribution in [0.15, 0.2) is 78.9 Å². The zero-order valence-electron chi connectivity index (χ0n) is 16.1. The monoisotopic (exact) mass is 407 g/mol. The molecule has 0 aromatic heterocycles. The van der Waals surface area contributed by atoms with Crippen molar-refractivity contribution in [3.63, 3.8) is 0 Å². The molecule has 0 spiro atoms. The van der Waals surface area contributed by atoms with E-state index in [2.05, 4.69) is 5.32 Å². The molecule has 5 heteroatoms. The van der Waals surface area contributed by atoms with Gasteiger partial charge in [-0.1, -0.05) is 72.8 Å². The molecule has 3 rings (SSSR count). The quantitative estimate of drug-likeness (QED) is 0.432. The van der Waals surface area contributed by atoms with E-state index in [0.29, 0.717) is 5.69 Å². The highest BCUT2D eigenvalue weighted by Crippen LogP contribution is 2.28. The summed E-state index contributed by atoms with van der Waals surface area (Å²) >= 11 is 5.85. The molecule has 0 aliphatic heterocycles. The fourth-order valence-corrected chi connectivity index (χ4v) is 2.89. The Bertz CT molecular complexity index is 969. The first-order valence-electron chi connectivity index (χ1n) is 9.36. The zero-order chi connectivity index (χ0) is 20.6. The number of carbonyl (C=O) groups excluding carboxylic acids is 2. The van der Waals surface area contributed by atoms with Crippen LogP contribution >= 0.6 is 11.6 Å². The molecule has 1 N–H and O–H groups in total. The van der Waals surface area contributed by atoms with E-state index in [0.717, 1.165) is 22.3 Å². The summed E-state index contributed by atoms with van der Waals surface area (Å²) < 4.78 is 5.33. The number of hydrogen-bond donors (Lipinski definition) is 1. The number of nitrogens with one attached hydrogen (secondary N) is 1.